The molecule has 34 heavy (non-hydrogen) atoms. The molecule has 0 saturated heterocycles. The van der Waals surface area contributed by atoms with Gasteiger partial charge >= 0.3 is 5.63 Å². The number of rotatable bonds is 6. The lowest BCUT2D eigenvalue weighted by atomic mass is 9.98. The number of amides is 1. The summed E-state index contributed by atoms with van der Waals surface area (Å²) >= 11 is 1.33. The Labute approximate surface area is 199 Å². The van der Waals surface area contributed by atoms with Crippen molar-refractivity contribution in [3.05, 3.63) is 80.6 Å². The average molecular weight is 478 g/mol. The summed E-state index contributed by atoms with van der Waals surface area (Å²) < 4.78 is 16.1. The molecule has 9 heteroatoms. The van der Waals surface area contributed by atoms with Gasteiger partial charge in [-0.15, -0.1) is 11.3 Å². The number of carbonyl (C=O) groups is 1. The summed E-state index contributed by atoms with van der Waals surface area (Å²) in [6.07, 6.45) is 0.904. The van der Waals surface area contributed by atoms with Gasteiger partial charge in [0.1, 0.15) is 11.1 Å². The lowest BCUT2D eigenvalue weighted by Crippen LogP contribution is -2.30. The molecule has 0 bridgehead atoms. The van der Waals surface area contributed by atoms with E-state index in [0.29, 0.717) is 22.6 Å². The first kappa shape index (κ1) is 22.1. The molecule has 5 rings (SSSR count). The van der Waals surface area contributed by atoms with Crippen LogP contribution in [0.5, 0.6) is 11.5 Å². The molecule has 0 unspecified atom stereocenters. The summed E-state index contributed by atoms with van der Waals surface area (Å²) in [6.45, 7) is 2.31. The highest BCUT2D eigenvalue weighted by Crippen LogP contribution is 2.33. The number of hydrogen-bond acceptors (Lipinski definition) is 8. The smallest absolute Gasteiger partial charge is 0.349 e. The van der Waals surface area contributed by atoms with Gasteiger partial charge in [0, 0.05) is 30.4 Å². The predicted molar refractivity (Wildman–Crippen MR) is 130 cm³/mol. The van der Waals surface area contributed by atoms with Gasteiger partial charge in [0.05, 0.1) is 19.9 Å². The lowest BCUT2D eigenvalue weighted by molar-refractivity contribution is 0.102. The molecule has 0 radical (unpaired) electrons. The molecule has 174 valence electrons. The van der Waals surface area contributed by atoms with Crippen LogP contribution in [0.25, 0.3) is 11.0 Å². The third-order valence-corrected chi connectivity index (χ3v) is 6.65. The zero-order chi connectivity index (χ0) is 23.7. The van der Waals surface area contributed by atoms with Gasteiger partial charge < -0.3 is 13.9 Å². The topological polar surface area (TPSA) is 93.9 Å². The van der Waals surface area contributed by atoms with Gasteiger partial charge in [0.2, 0.25) is 0 Å². The summed E-state index contributed by atoms with van der Waals surface area (Å²) in [4.78, 5) is 31.8. The molecule has 1 aliphatic heterocycles. The van der Waals surface area contributed by atoms with Crippen LogP contribution in [-0.2, 0) is 19.5 Å². The number of carbonyl (C=O) groups excluding carboxylic acids is 1. The monoisotopic (exact) mass is 477 g/mol. The van der Waals surface area contributed by atoms with Crippen molar-refractivity contribution in [1.29, 1.82) is 0 Å². The van der Waals surface area contributed by atoms with Gasteiger partial charge in [-0.05, 0) is 41.8 Å². The highest BCUT2D eigenvalue weighted by molar-refractivity contribution is 7.14. The van der Waals surface area contributed by atoms with E-state index < -0.39 is 11.5 Å². The maximum atomic E-state index is 12.7. The fourth-order valence-corrected chi connectivity index (χ4v) is 4.82. The van der Waals surface area contributed by atoms with Crippen LogP contribution >= 0.6 is 11.3 Å². The van der Waals surface area contributed by atoms with E-state index in [0.717, 1.165) is 36.7 Å². The molecule has 8 nitrogen and oxygen atoms in total. The fraction of sp³-hybridized carbons (Fsp3) is 0.240. The second kappa shape index (κ2) is 9.28. The number of fused-ring (bicyclic) bond motifs is 2. The van der Waals surface area contributed by atoms with E-state index in [1.165, 1.54) is 22.5 Å². The van der Waals surface area contributed by atoms with Crippen LogP contribution in [0.15, 0.2) is 57.1 Å². The highest BCUT2D eigenvalue weighted by Gasteiger charge is 2.21. The molecule has 3 heterocycles. The lowest BCUT2D eigenvalue weighted by Gasteiger charge is -2.29. The second-order valence-electron chi connectivity index (χ2n) is 8.02. The first-order valence-electron chi connectivity index (χ1n) is 10.8. The van der Waals surface area contributed by atoms with Crippen LogP contribution in [0.1, 0.15) is 27.2 Å². The van der Waals surface area contributed by atoms with E-state index in [1.807, 2.05) is 23.6 Å². The van der Waals surface area contributed by atoms with Crippen molar-refractivity contribution in [3.8, 4) is 11.5 Å². The molecule has 0 saturated carbocycles. The molecular formula is C25H23N3O5S. The Morgan fingerprint density at radius 3 is 2.71 bits per heavy atom. The van der Waals surface area contributed by atoms with Crippen LogP contribution in [0.3, 0.4) is 0 Å². The fourth-order valence-electron chi connectivity index (χ4n) is 4.13. The number of benzene rings is 2. The Balaban J connectivity index is 1.27. The third-order valence-electron chi connectivity index (χ3n) is 5.84. The summed E-state index contributed by atoms with van der Waals surface area (Å²) in [5, 5.41) is 5.77. The van der Waals surface area contributed by atoms with E-state index in [1.54, 1.807) is 38.5 Å². The average Bonchev–Trinajstić information content (AvgIpc) is 3.28. The second-order valence-corrected chi connectivity index (χ2v) is 8.88. The van der Waals surface area contributed by atoms with E-state index in [2.05, 4.69) is 15.2 Å². The van der Waals surface area contributed by atoms with Crippen LogP contribution in [0.2, 0.25) is 0 Å². The van der Waals surface area contributed by atoms with E-state index in [-0.39, 0.29) is 5.56 Å². The first-order valence-corrected chi connectivity index (χ1v) is 11.7. The van der Waals surface area contributed by atoms with Crippen LogP contribution in [0.4, 0.5) is 5.13 Å². The largest absolute Gasteiger partial charge is 0.493 e. The zero-order valence-corrected chi connectivity index (χ0v) is 19.6. The Morgan fingerprint density at radius 2 is 1.91 bits per heavy atom. The van der Waals surface area contributed by atoms with E-state index in [9.17, 15) is 9.59 Å². The molecule has 0 fully saturated rings. The number of aromatic nitrogens is 1. The standard InChI is InChI=1S/C25H23N3O5S/c1-31-21-10-15-7-8-28(12-17(15)11-22(21)32-2)13-18-14-34-25(26-18)27-23(29)19-9-16-5-3-4-6-20(16)33-24(19)30/h3-6,9-11,14H,7-8,12-13H2,1-2H3,(H,26,27,29). The minimum absolute atomic E-state index is 0.0486. The Hall–Kier alpha value is -3.69. The summed E-state index contributed by atoms with van der Waals surface area (Å²) in [6, 6.07) is 12.7. The SMILES string of the molecule is COc1cc2c(cc1OC)CN(Cc1csc(NC(=O)c3cc4ccccc4oc3=O)n1)CC2. The molecule has 0 atom stereocenters. The molecule has 2 aromatic heterocycles. The molecule has 1 amide bonds. The minimum Gasteiger partial charge on any atom is -0.493 e. The van der Waals surface area contributed by atoms with Crippen molar-refractivity contribution < 1.29 is 18.7 Å². The van der Waals surface area contributed by atoms with Gasteiger partial charge in [0.25, 0.3) is 5.91 Å². The number of methoxy groups -OCH3 is 2. The third kappa shape index (κ3) is 4.40. The van der Waals surface area contributed by atoms with Gasteiger partial charge in [-0.25, -0.2) is 9.78 Å². The maximum Gasteiger partial charge on any atom is 0.349 e. The number of thiazole rings is 1. The molecule has 4 aromatic rings. The van der Waals surface area contributed by atoms with Crippen molar-refractivity contribution in [3.63, 3.8) is 0 Å². The number of ether oxygens (including phenoxy) is 2. The molecule has 0 aliphatic carbocycles. The molecule has 0 spiro atoms. The van der Waals surface area contributed by atoms with Crippen molar-refractivity contribution >= 4 is 33.3 Å². The van der Waals surface area contributed by atoms with Gasteiger partial charge in [-0.2, -0.15) is 0 Å². The number of para-hydroxylation sites is 1. The van der Waals surface area contributed by atoms with Crippen molar-refractivity contribution in [1.82, 2.24) is 9.88 Å². The van der Waals surface area contributed by atoms with Crippen LogP contribution < -0.4 is 20.4 Å². The molecule has 1 aliphatic rings. The Morgan fingerprint density at radius 1 is 1.15 bits per heavy atom. The summed E-state index contributed by atoms with van der Waals surface area (Å²) in [5.74, 6) is 0.934. The van der Waals surface area contributed by atoms with Crippen molar-refractivity contribution in [2.24, 2.45) is 0 Å². The maximum absolute atomic E-state index is 12.7. The van der Waals surface area contributed by atoms with Gasteiger partial charge in [-0.1, -0.05) is 18.2 Å². The van der Waals surface area contributed by atoms with Gasteiger partial charge in [-0.3, -0.25) is 15.0 Å². The van der Waals surface area contributed by atoms with E-state index >= 15 is 0 Å². The number of nitrogens with zero attached hydrogens (tertiary/aromatic N) is 2. The zero-order valence-electron chi connectivity index (χ0n) is 18.8. The van der Waals surface area contributed by atoms with Crippen LogP contribution in [-0.4, -0.2) is 36.6 Å². The Bertz CT molecular complexity index is 1430. The Kier molecular flexibility index (Phi) is 6.04. The number of anilines is 1. The summed E-state index contributed by atoms with van der Waals surface area (Å²) in [7, 11) is 3.28. The molecule has 1 N–H and O–H groups in total. The molecule has 2 aromatic carbocycles. The number of hydrogen-bond donors (Lipinski definition) is 1. The van der Waals surface area contributed by atoms with E-state index in [4.69, 9.17) is 13.9 Å². The number of nitrogens with one attached hydrogen (secondary N) is 1. The first-order chi connectivity index (χ1) is 16.5. The van der Waals surface area contributed by atoms with Crippen molar-refractivity contribution in [2.75, 3.05) is 26.1 Å². The highest BCUT2D eigenvalue weighted by atomic mass is 32.1. The van der Waals surface area contributed by atoms with Gasteiger partial charge in [0.15, 0.2) is 16.6 Å². The normalized spacial score (nSPS) is 13.5. The predicted octanol–water partition coefficient (Wildman–Crippen LogP) is 4.08. The minimum atomic E-state index is -0.674. The summed E-state index contributed by atoms with van der Waals surface area (Å²) in [5.41, 5.74) is 3.04. The molecular weight excluding hydrogens is 454 g/mol. The van der Waals surface area contributed by atoms with Crippen LogP contribution in [0, 0.1) is 0 Å². The van der Waals surface area contributed by atoms with Crippen molar-refractivity contribution in [2.45, 2.75) is 19.5 Å². The quantitative estimate of drug-likeness (QED) is 0.418.